The van der Waals surface area contributed by atoms with Gasteiger partial charge in [-0.2, -0.15) is 0 Å². The number of aliphatic hydroxyl groups excluding tert-OH is 11. The van der Waals surface area contributed by atoms with Crippen molar-refractivity contribution in [2.75, 3.05) is 26.4 Å². The third-order valence-electron chi connectivity index (χ3n) is 25.6. The van der Waals surface area contributed by atoms with Crippen molar-refractivity contribution in [2.24, 2.45) is 0 Å². The molecule has 1 amide bonds. The largest absolute Gasteiger partial charge is 0.394 e. The van der Waals surface area contributed by atoms with E-state index in [-0.39, 0.29) is 18.9 Å². The number of rotatable bonds is 85. The fraction of sp³-hybridized carbons (Fsp3) is 0.969. The van der Waals surface area contributed by atoms with E-state index < -0.39 is 124 Å². The van der Waals surface area contributed by atoms with E-state index in [2.05, 4.69) is 19.2 Å². The summed E-state index contributed by atoms with van der Waals surface area (Å²) in [4.78, 5) is 13.6. The van der Waals surface area contributed by atoms with E-state index >= 15 is 0 Å². The Hall–Kier alpha value is -1.47. The zero-order valence-electron chi connectivity index (χ0n) is 75.5. The van der Waals surface area contributed by atoms with Crippen LogP contribution in [0.15, 0.2) is 12.2 Å². The number of amides is 1. The number of unbranched alkanes of at least 4 members (excludes halogenated alkanes) is 69. The summed E-state index contributed by atoms with van der Waals surface area (Å²) in [6.45, 7) is 1.84. The van der Waals surface area contributed by atoms with Crippen molar-refractivity contribution >= 4 is 5.91 Å². The predicted octanol–water partition coefficient (Wildman–Crippen LogP) is 21.0. The fourth-order valence-corrected chi connectivity index (χ4v) is 17.6. The highest BCUT2D eigenvalue weighted by molar-refractivity contribution is 5.76. The molecule has 3 heterocycles. The minimum absolute atomic E-state index is 0.251. The Kier molecular flexibility index (Phi) is 73.2. The van der Waals surface area contributed by atoms with Gasteiger partial charge < -0.3 is 89.9 Å². The Morgan fingerprint density at radius 1 is 0.299 bits per heavy atom. The summed E-state index contributed by atoms with van der Waals surface area (Å²) < 4.78 is 34.6. The minimum atomic E-state index is -1.98. The first-order valence-electron chi connectivity index (χ1n) is 50.4. The lowest BCUT2D eigenvalue weighted by molar-refractivity contribution is -0.379. The van der Waals surface area contributed by atoms with Gasteiger partial charge in [0.15, 0.2) is 18.9 Å². The third kappa shape index (κ3) is 55.6. The predicted molar refractivity (Wildman–Crippen MR) is 476 cm³/mol. The first-order chi connectivity index (χ1) is 57.3. The highest BCUT2D eigenvalue weighted by Crippen LogP contribution is 2.34. The number of aliphatic hydroxyl groups is 11. The van der Waals surface area contributed by atoms with Crippen molar-refractivity contribution in [3.05, 3.63) is 12.2 Å². The lowest BCUT2D eigenvalue weighted by Crippen LogP contribution is -2.66. The molecule has 0 aromatic carbocycles. The molecular formula is C98H189NO18. The van der Waals surface area contributed by atoms with Crippen LogP contribution in [0.25, 0.3) is 0 Å². The summed E-state index contributed by atoms with van der Waals surface area (Å²) in [6, 6.07) is -0.972. The molecule has 3 aliphatic rings. The van der Waals surface area contributed by atoms with Gasteiger partial charge in [-0.1, -0.05) is 463 Å². The lowest BCUT2D eigenvalue weighted by atomic mass is 9.96. The molecule has 0 aromatic rings. The van der Waals surface area contributed by atoms with Gasteiger partial charge in [0.05, 0.1) is 38.6 Å². The first kappa shape index (κ1) is 110. The number of nitrogens with one attached hydrogen (secondary N) is 1. The summed E-state index contributed by atoms with van der Waals surface area (Å²) in [6.07, 6.45) is 72.7. The normalized spacial score (nSPS) is 24.3. The number of carbonyl (C=O) groups excluding carboxylic acids is 1. The molecule has 17 unspecified atom stereocenters. The molecular weight excluding hydrogens is 1480 g/mol. The van der Waals surface area contributed by atoms with Crippen molar-refractivity contribution in [1.29, 1.82) is 0 Å². The van der Waals surface area contributed by atoms with Crippen LogP contribution in [0.3, 0.4) is 0 Å². The van der Waals surface area contributed by atoms with E-state index in [0.717, 1.165) is 44.9 Å². The maximum Gasteiger partial charge on any atom is 0.220 e. The summed E-state index contributed by atoms with van der Waals surface area (Å²) in [5.74, 6) is -0.263. The van der Waals surface area contributed by atoms with E-state index in [4.69, 9.17) is 28.4 Å². The van der Waals surface area contributed by atoms with Gasteiger partial charge in [0.25, 0.3) is 0 Å². The molecule has 3 rings (SSSR count). The summed E-state index contributed by atoms with van der Waals surface area (Å²) in [5.41, 5.74) is 0. The SMILES string of the molecule is CCCCCCCCCCCCCCCCCCCCCCCCCCCCCCCCC/C=C/C(O)C(COC1OC(CO)C(OC2OC(CO)C(OC3OC(CO)C(O)C(O)C3O)C(O)C2O)C(O)C1O)NC(=O)CCCCCCCCCCCCCCCCCCCCCCCCCCCCCCCCCCCCCCCCC. The van der Waals surface area contributed by atoms with Gasteiger partial charge in [0.1, 0.15) is 73.2 Å². The number of hydrogen-bond donors (Lipinski definition) is 12. The minimum Gasteiger partial charge on any atom is -0.394 e. The second-order valence-electron chi connectivity index (χ2n) is 36.3. The van der Waals surface area contributed by atoms with Crippen molar-refractivity contribution < 1.29 is 89.4 Å². The summed E-state index contributed by atoms with van der Waals surface area (Å²) >= 11 is 0. The summed E-state index contributed by atoms with van der Waals surface area (Å²) in [7, 11) is 0. The highest BCUT2D eigenvalue weighted by atomic mass is 16.8. The Morgan fingerprint density at radius 3 is 0.803 bits per heavy atom. The van der Waals surface area contributed by atoms with Crippen molar-refractivity contribution in [1.82, 2.24) is 5.32 Å². The van der Waals surface area contributed by atoms with Crippen LogP contribution in [0.4, 0.5) is 0 Å². The van der Waals surface area contributed by atoms with E-state index in [1.807, 2.05) is 6.08 Å². The maximum absolute atomic E-state index is 13.6. The van der Waals surface area contributed by atoms with Crippen LogP contribution >= 0.6 is 0 Å². The number of ether oxygens (including phenoxy) is 6. The fourth-order valence-electron chi connectivity index (χ4n) is 17.6. The topological polar surface area (TPSA) is 307 Å². The zero-order valence-corrected chi connectivity index (χ0v) is 75.5. The molecule has 0 aromatic heterocycles. The van der Waals surface area contributed by atoms with Crippen LogP contribution in [0.1, 0.15) is 476 Å². The number of carbonyl (C=O) groups is 1. The van der Waals surface area contributed by atoms with Crippen molar-refractivity contribution in [2.45, 2.75) is 580 Å². The molecule has 19 nitrogen and oxygen atoms in total. The van der Waals surface area contributed by atoms with Crippen molar-refractivity contribution in [3.63, 3.8) is 0 Å². The maximum atomic E-state index is 13.6. The summed E-state index contributed by atoms with van der Waals surface area (Å²) in [5, 5.41) is 121. The Balaban J connectivity index is 1.28. The molecule has 17 atom stereocenters. The molecule has 117 heavy (non-hydrogen) atoms. The van der Waals surface area contributed by atoms with Crippen LogP contribution in [-0.2, 0) is 33.2 Å². The van der Waals surface area contributed by atoms with Gasteiger partial charge in [0, 0.05) is 6.42 Å². The van der Waals surface area contributed by atoms with Crippen molar-refractivity contribution in [3.8, 4) is 0 Å². The van der Waals surface area contributed by atoms with Crippen LogP contribution in [0.2, 0.25) is 0 Å². The second kappa shape index (κ2) is 78.0. The smallest absolute Gasteiger partial charge is 0.220 e. The molecule has 3 aliphatic heterocycles. The molecule has 3 saturated heterocycles. The van der Waals surface area contributed by atoms with Crippen LogP contribution in [0.5, 0.6) is 0 Å². The second-order valence-corrected chi connectivity index (χ2v) is 36.3. The van der Waals surface area contributed by atoms with Crippen LogP contribution in [0, 0.1) is 0 Å². The Morgan fingerprint density at radius 2 is 0.530 bits per heavy atom. The quantitative estimate of drug-likeness (QED) is 0.0199. The van der Waals surface area contributed by atoms with Gasteiger partial charge in [-0.25, -0.2) is 0 Å². The molecule has 0 aliphatic carbocycles. The average molecular weight is 1670 g/mol. The molecule has 12 N–H and O–H groups in total. The van der Waals surface area contributed by atoms with Gasteiger partial charge in [-0.15, -0.1) is 0 Å². The average Bonchev–Trinajstić information content (AvgIpc) is 0.778. The van der Waals surface area contributed by atoms with Gasteiger partial charge in [-0.05, 0) is 19.3 Å². The standard InChI is InChI=1S/C98H189NO18/c1-3-5-7-9-11-13-15-17-19-21-23-25-27-29-31-33-35-37-38-39-40-41-42-44-46-48-50-52-54-56-58-60-62-64-66-68-70-72-74-76-86(104)99-81(82(103)75-73-71-69-67-65-63-61-59-57-55-53-51-49-47-45-43-36-34-32-30-28-26-24-22-20-18-16-14-12-10-8-6-4-2)80-112-96-92(110)89(107)94(84(78-101)114-96)117-98-93(111)90(108)95(85(79-102)115-98)116-97-91(109)88(106)87(105)83(77-100)113-97/h73,75,81-85,87-98,100-103,105-111H,3-72,74,76-80H2,1-2H3,(H,99,104)/b75-73+. The van der Waals surface area contributed by atoms with E-state index in [1.54, 1.807) is 6.08 Å². The first-order valence-corrected chi connectivity index (χ1v) is 50.4. The van der Waals surface area contributed by atoms with Gasteiger partial charge in [0.2, 0.25) is 5.91 Å². The molecule has 694 valence electrons. The number of hydrogen-bond acceptors (Lipinski definition) is 18. The van der Waals surface area contributed by atoms with Crippen LogP contribution in [-0.4, -0.2) is 193 Å². The third-order valence-corrected chi connectivity index (χ3v) is 25.6. The molecule has 0 bridgehead atoms. The highest BCUT2D eigenvalue weighted by Gasteiger charge is 2.54. The monoisotopic (exact) mass is 1670 g/mol. The van der Waals surface area contributed by atoms with Gasteiger partial charge >= 0.3 is 0 Å². The molecule has 0 saturated carbocycles. The van der Waals surface area contributed by atoms with Gasteiger partial charge in [-0.3, -0.25) is 4.79 Å². The van der Waals surface area contributed by atoms with E-state index in [9.17, 15) is 61.0 Å². The lowest BCUT2D eigenvalue weighted by Gasteiger charge is -2.48. The molecule has 19 heteroatoms. The molecule has 0 radical (unpaired) electrons. The van der Waals surface area contributed by atoms with E-state index in [0.29, 0.717) is 6.42 Å². The Bertz CT molecular complexity index is 2150. The molecule has 0 spiro atoms. The van der Waals surface area contributed by atoms with Crippen LogP contribution < -0.4 is 5.32 Å². The van der Waals surface area contributed by atoms with E-state index in [1.165, 1.54) is 405 Å². The number of allylic oxidation sites excluding steroid dienone is 1. The molecule has 3 fully saturated rings. The Labute approximate surface area is 716 Å². The zero-order chi connectivity index (χ0) is 84.5.